The summed E-state index contributed by atoms with van der Waals surface area (Å²) in [6, 6.07) is 15.0. The number of fused-ring (bicyclic) bond motifs is 2. The second-order valence-electron chi connectivity index (χ2n) is 5.45. The number of benzene rings is 2. The monoisotopic (exact) mass is 319 g/mol. The van der Waals surface area contributed by atoms with E-state index in [1.807, 2.05) is 30.1 Å². The Bertz CT molecular complexity index is 911. The van der Waals surface area contributed by atoms with Crippen molar-refractivity contribution >= 4 is 29.0 Å². The topological polar surface area (TPSA) is 37.4 Å². The van der Waals surface area contributed by atoms with Crippen molar-refractivity contribution in [2.45, 2.75) is 4.90 Å². The van der Waals surface area contributed by atoms with Crippen LogP contribution in [0.25, 0.3) is 0 Å². The molecule has 2 aromatic rings. The molecule has 0 spiro atoms. The van der Waals surface area contributed by atoms with Gasteiger partial charge in [0.2, 0.25) is 0 Å². The lowest BCUT2D eigenvalue weighted by Gasteiger charge is -2.16. The number of nitrogens with zero attached hydrogens (tertiary/aromatic N) is 1. The van der Waals surface area contributed by atoms with E-state index in [-0.39, 0.29) is 11.6 Å². The summed E-state index contributed by atoms with van der Waals surface area (Å²) in [6.45, 7) is 0. The summed E-state index contributed by atoms with van der Waals surface area (Å²) in [4.78, 5) is 28.1. The van der Waals surface area contributed by atoms with E-state index in [1.165, 1.54) is 6.08 Å². The second kappa shape index (κ2) is 5.25. The van der Waals surface area contributed by atoms with Crippen molar-refractivity contribution in [3.05, 3.63) is 82.4 Å². The lowest BCUT2D eigenvalue weighted by atomic mass is 9.89. The van der Waals surface area contributed by atoms with E-state index in [9.17, 15) is 9.59 Å². The molecule has 112 valence electrons. The molecule has 3 nitrogen and oxygen atoms in total. The molecule has 0 amide bonds. The van der Waals surface area contributed by atoms with Crippen molar-refractivity contribution in [1.82, 2.24) is 0 Å². The second-order valence-corrected chi connectivity index (χ2v) is 6.51. The smallest absolute Gasteiger partial charge is 0.194 e. The van der Waals surface area contributed by atoms with Gasteiger partial charge >= 0.3 is 0 Å². The van der Waals surface area contributed by atoms with E-state index in [0.29, 0.717) is 16.7 Å². The standard InChI is InChI=1S/C19H13NO2S/c1-20-15-8-4-5-9-17(15)23-18(20)11-12-10-16(21)13-6-2-3-7-14(13)19(12)22/h2-11H,1H3. The number of hydrogen-bond donors (Lipinski definition) is 0. The maximum absolute atomic E-state index is 12.6. The largest absolute Gasteiger partial charge is 0.338 e. The minimum absolute atomic E-state index is 0.0994. The van der Waals surface area contributed by atoms with Crippen molar-refractivity contribution in [2.24, 2.45) is 0 Å². The third-order valence-corrected chi connectivity index (χ3v) is 5.20. The fourth-order valence-corrected chi connectivity index (χ4v) is 3.93. The average molecular weight is 319 g/mol. The number of allylic oxidation sites excluding steroid dienone is 3. The highest BCUT2D eigenvalue weighted by molar-refractivity contribution is 8.03. The number of carbonyl (C=O) groups is 2. The average Bonchev–Trinajstić information content (AvgIpc) is 2.89. The highest BCUT2D eigenvalue weighted by Gasteiger charge is 2.27. The Morgan fingerprint density at radius 1 is 0.957 bits per heavy atom. The van der Waals surface area contributed by atoms with Crippen molar-refractivity contribution in [2.75, 3.05) is 11.9 Å². The van der Waals surface area contributed by atoms with Crippen LogP contribution in [0.15, 0.2) is 76.2 Å². The Balaban J connectivity index is 1.74. The summed E-state index contributed by atoms with van der Waals surface area (Å²) in [6.07, 6.45) is 3.25. The molecule has 4 heteroatoms. The van der Waals surface area contributed by atoms with Gasteiger partial charge in [0.15, 0.2) is 11.6 Å². The summed E-state index contributed by atoms with van der Waals surface area (Å²) >= 11 is 1.61. The van der Waals surface area contributed by atoms with E-state index in [0.717, 1.165) is 15.6 Å². The summed E-state index contributed by atoms with van der Waals surface area (Å²) in [7, 11) is 1.97. The Hall–Kier alpha value is -2.59. The van der Waals surface area contributed by atoms with Gasteiger partial charge in [-0.2, -0.15) is 0 Å². The van der Waals surface area contributed by atoms with Crippen molar-refractivity contribution < 1.29 is 9.59 Å². The Morgan fingerprint density at radius 2 is 1.65 bits per heavy atom. The Kier molecular flexibility index (Phi) is 3.20. The summed E-state index contributed by atoms with van der Waals surface area (Å²) < 4.78 is 0. The minimum atomic E-state index is -0.116. The molecule has 1 heterocycles. The number of thioether (sulfide) groups is 1. The maximum atomic E-state index is 12.6. The number of carbonyl (C=O) groups excluding carboxylic acids is 2. The van der Waals surface area contributed by atoms with Crippen LogP contribution in [0.1, 0.15) is 20.7 Å². The van der Waals surface area contributed by atoms with Gasteiger partial charge in [-0.15, -0.1) is 0 Å². The molecule has 23 heavy (non-hydrogen) atoms. The van der Waals surface area contributed by atoms with Gasteiger partial charge in [0.1, 0.15) is 0 Å². The highest BCUT2D eigenvalue weighted by atomic mass is 32.2. The number of rotatable bonds is 1. The summed E-state index contributed by atoms with van der Waals surface area (Å²) in [5.41, 5.74) is 2.51. The first-order chi connectivity index (χ1) is 11.1. The van der Waals surface area contributed by atoms with Crippen LogP contribution >= 0.6 is 11.8 Å². The van der Waals surface area contributed by atoms with Crippen LogP contribution < -0.4 is 4.90 Å². The van der Waals surface area contributed by atoms with E-state index >= 15 is 0 Å². The summed E-state index contributed by atoms with van der Waals surface area (Å²) in [5, 5.41) is 0.943. The first kappa shape index (κ1) is 14.0. The molecule has 2 aliphatic rings. The molecule has 0 atom stereocenters. The quantitative estimate of drug-likeness (QED) is 0.794. The molecule has 0 fully saturated rings. The number of para-hydroxylation sites is 1. The normalized spacial score (nSPS) is 18.0. The number of ketones is 2. The molecule has 1 aliphatic carbocycles. The molecule has 0 saturated carbocycles. The van der Waals surface area contributed by atoms with E-state index in [1.54, 1.807) is 42.1 Å². The van der Waals surface area contributed by atoms with Crippen LogP contribution in [-0.4, -0.2) is 18.6 Å². The zero-order chi connectivity index (χ0) is 16.0. The predicted molar refractivity (Wildman–Crippen MR) is 92.0 cm³/mol. The van der Waals surface area contributed by atoms with Gasteiger partial charge in [-0.05, 0) is 24.3 Å². The van der Waals surface area contributed by atoms with E-state index < -0.39 is 0 Å². The third kappa shape index (κ3) is 2.23. The number of hydrogen-bond acceptors (Lipinski definition) is 4. The van der Waals surface area contributed by atoms with Gasteiger partial charge in [0, 0.05) is 28.6 Å². The van der Waals surface area contributed by atoms with E-state index in [2.05, 4.69) is 6.07 Å². The molecule has 4 rings (SSSR count). The van der Waals surface area contributed by atoms with Crippen LogP contribution in [0.3, 0.4) is 0 Å². The van der Waals surface area contributed by atoms with Crippen LogP contribution in [0.5, 0.6) is 0 Å². The molecule has 0 unspecified atom stereocenters. The van der Waals surface area contributed by atoms with Gasteiger partial charge in [-0.1, -0.05) is 48.2 Å². The lowest BCUT2D eigenvalue weighted by Crippen LogP contribution is -2.17. The predicted octanol–water partition coefficient (Wildman–Crippen LogP) is 4.08. The molecule has 0 aromatic heterocycles. The maximum Gasteiger partial charge on any atom is 0.194 e. The van der Waals surface area contributed by atoms with Crippen LogP contribution in [0.4, 0.5) is 5.69 Å². The van der Waals surface area contributed by atoms with Crippen molar-refractivity contribution in [3.8, 4) is 0 Å². The van der Waals surface area contributed by atoms with E-state index in [4.69, 9.17) is 0 Å². The molecule has 0 bridgehead atoms. The lowest BCUT2D eigenvalue weighted by molar-refractivity contribution is 0.0987. The molecule has 1 aliphatic heterocycles. The van der Waals surface area contributed by atoms with Gasteiger partial charge < -0.3 is 4.90 Å². The zero-order valence-electron chi connectivity index (χ0n) is 12.4. The highest BCUT2D eigenvalue weighted by Crippen LogP contribution is 2.45. The fourth-order valence-electron chi connectivity index (χ4n) is 2.82. The van der Waals surface area contributed by atoms with Gasteiger partial charge in [-0.3, -0.25) is 9.59 Å². The van der Waals surface area contributed by atoms with Crippen LogP contribution in [0.2, 0.25) is 0 Å². The first-order valence-corrected chi connectivity index (χ1v) is 8.09. The van der Waals surface area contributed by atoms with Gasteiger partial charge in [0.25, 0.3) is 0 Å². The molecule has 0 N–H and O–H groups in total. The van der Waals surface area contributed by atoms with Crippen LogP contribution in [-0.2, 0) is 0 Å². The molecule has 0 radical (unpaired) electrons. The molecule has 0 saturated heterocycles. The third-order valence-electron chi connectivity index (χ3n) is 4.04. The Labute approximate surface area is 138 Å². The number of anilines is 1. The van der Waals surface area contributed by atoms with Gasteiger partial charge in [-0.25, -0.2) is 0 Å². The van der Waals surface area contributed by atoms with Crippen molar-refractivity contribution in [1.29, 1.82) is 0 Å². The summed E-state index contributed by atoms with van der Waals surface area (Å²) in [5.74, 6) is -0.215. The number of Topliss-reactive ketones (excluding diaryl/α,β-unsaturated/α-hetero) is 1. The van der Waals surface area contributed by atoms with Crippen LogP contribution in [0, 0.1) is 0 Å². The fraction of sp³-hybridized carbons (Fsp3) is 0.0526. The zero-order valence-corrected chi connectivity index (χ0v) is 13.3. The first-order valence-electron chi connectivity index (χ1n) is 7.27. The molecule has 2 aromatic carbocycles. The SMILES string of the molecule is CN1C(=CC2=CC(=O)c3ccccc3C2=O)Sc2ccccc21. The van der Waals surface area contributed by atoms with Gasteiger partial charge in [0.05, 0.1) is 10.7 Å². The van der Waals surface area contributed by atoms with Crippen molar-refractivity contribution in [3.63, 3.8) is 0 Å². The molecular weight excluding hydrogens is 306 g/mol. The minimum Gasteiger partial charge on any atom is -0.338 e. The molecular formula is C19H13NO2S. The Morgan fingerprint density at radius 3 is 2.43 bits per heavy atom.